The standard InChI is InChI=1S/C34H36ClF3N6O4/c35-28-19-22(18-27(31(28)46)34(36,37)38)17-24(32(47)43-15-13-41(14-16-43)25-5-9-39-10-6-25)20-30(45)42-11-7-26(8-12-42)44-21-23-3-1-2-4-29(23)40-33(44)48/h1-6,9-10,18-19,24,26,46H,7-8,11-17,20-21H2,(H,40,48)/t24-/m0/s1. The molecule has 2 fully saturated rings. The Bertz CT molecular complexity index is 1660. The van der Waals surface area contributed by atoms with Gasteiger partial charge >= 0.3 is 12.2 Å². The van der Waals surface area contributed by atoms with Crippen LogP contribution in [-0.2, 0) is 28.7 Å². The lowest BCUT2D eigenvalue weighted by molar-refractivity contribution is -0.142. The quantitative estimate of drug-likeness (QED) is 0.345. The van der Waals surface area contributed by atoms with Crippen molar-refractivity contribution in [2.24, 2.45) is 5.92 Å². The molecule has 6 rings (SSSR count). The van der Waals surface area contributed by atoms with Gasteiger partial charge in [0.25, 0.3) is 0 Å². The van der Waals surface area contributed by atoms with Crippen LogP contribution in [0.4, 0.5) is 29.3 Å². The van der Waals surface area contributed by atoms with E-state index in [1.165, 1.54) is 6.07 Å². The first-order chi connectivity index (χ1) is 23.0. The van der Waals surface area contributed by atoms with E-state index in [2.05, 4.69) is 15.2 Å². The molecule has 1 aromatic heterocycles. The lowest BCUT2D eigenvalue weighted by Crippen LogP contribution is -2.52. The molecule has 1 atom stereocenters. The minimum absolute atomic E-state index is 0.0727. The molecule has 10 nitrogen and oxygen atoms in total. The van der Waals surface area contributed by atoms with Crippen LogP contribution in [0.2, 0.25) is 5.02 Å². The summed E-state index contributed by atoms with van der Waals surface area (Å²) >= 11 is 5.99. The number of rotatable bonds is 7. The number of halogens is 4. The number of likely N-dealkylation sites (tertiary alicyclic amines) is 1. The van der Waals surface area contributed by atoms with Crippen LogP contribution in [0.25, 0.3) is 0 Å². The second-order valence-electron chi connectivity index (χ2n) is 12.4. The summed E-state index contributed by atoms with van der Waals surface area (Å²) in [4.78, 5) is 51.8. The number of anilines is 2. The third kappa shape index (κ3) is 7.30. The molecule has 3 aliphatic rings. The van der Waals surface area contributed by atoms with Crippen molar-refractivity contribution in [2.75, 3.05) is 49.5 Å². The van der Waals surface area contributed by atoms with Gasteiger partial charge in [-0.3, -0.25) is 14.6 Å². The summed E-state index contributed by atoms with van der Waals surface area (Å²) in [7, 11) is 0. The Kier molecular flexibility index (Phi) is 9.68. The third-order valence-electron chi connectivity index (χ3n) is 9.42. The maximum atomic E-state index is 14.0. The molecule has 0 aliphatic carbocycles. The molecule has 2 aromatic carbocycles. The van der Waals surface area contributed by atoms with Crippen molar-refractivity contribution in [3.8, 4) is 5.75 Å². The molecule has 3 aliphatic heterocycles. The van der Waals surface area contributed by atoms with Crippen molar-refractivity contribution >= 4 is 40.8 Å². The van der Waals surface area contributed by atoms with E-state index >= 15 is 0 Å². The van der Waals surface area contributed by atoms with E-state index in [-0.39, 0.29) is 42.3 Å². The summed E-state index contributed by atoms with van der Waals surface area (Å²) in [5.41, 5.74) is 1.58. The number of phenolic OH excluding ortho intramolecular Hbond substituents is 1. The molecule has 4 heterocycles. The zero-order chi connectivity index (χ0) is 34.0. The fourth-order valence-electron chi connectivity index (χ4n) is 6.80. The van der Waals surface area contributed by atoms with Gasteiger partial charge in [0.05, 0.1) is 16.5 Å². The van der Waals surface area contributed by atoms with E-state index in [0.717, 1.165) is 23.0 Å². The van der Waals surface area contributed by atoms with Crippen LogP contribution in [-0.4, -0.2) is 87.9 Å². The summed E-state index contributed by atoms with van der Waals surface area (Å²) in [6.07, 6.45) is -0.738. The van der Waals surface area contributed by atoms with Gasteiger partial charge in [0.2, 0.25) is 11.8 Å². The van der Waals surface area contributed by atoms with Crippen LogP contribution in [0.1, 0.15) is 36.0 Å². The molecule has 0 unspecified atom stereocenters. The average Bonchev–Trinajstić information content (AvgIpc) is 3.09. The van der Waals surface area contributed by atoms with Crippen molar-refractivity contribution in [2.45, 2.75) is 44.4 Å². The summed E-state index contributed by atoms with van der Waals surface area (Å²) < 4.78 is 41.1. The zero-order valence-electron chi connectivity index (χ0n) is 26.1. The van der Waals surface area contributed by atoms with E-state index in [0.29, 0.717) is 58.7 Å². The van der Waals surface area contributed by atoms with Gasteiger partial charge in [-0.15, -0.1) is 0 Å². The number of piperidine rings is 1. The molecule has 4 amide bonds. The molecular formula is C34H36ClF3N6O4. The summed E-state index contributed by atoms with van der Waals surface area (Å²) in [5, 5.41) is 12.4. The Morgan fingerprint density at radius 1 is 0.979 bits per heavy atom. The van der Waals surface area contributed by atoms with Gasteiger partial charge < -0.3 is 30.0 Å². The number of benzene rings is 2. The number of amides is 4. The number of piperazine rings is 1. The number of hydrogen-bond donors (Lipinski definition) is 2. The van der Waals surface area contributed by atoms with Crippen LogP contribution >= 0.6 is 11.6 Å². The lowest BCUT2D eigenvalue weighted by Gasteiger charge is -2.41. The van der Waals surface area contributed by atoms with Gasteiger partial charge in [0, 0.05) is 82.0 Å². The molecule has 0 saturated carbocycles. The van der Waals surface area contributed by atoms with Crippen molar-refractivity contribution in [1.82, 2.24) is 19.7 Å². The number of fused-ring (bicyclic) bond motifs is 1. The second kappa shape index (κ2) is 13.9. The largest absolute Gasteiger partial charge is 0.506 e. The number of alkyl halides is 3. The van der Waals surface area contributed by atoms with Crippen molar-refractivity contribution < 1.29 is 32.7 Å². The number of nitrogens with one attached hydrogen (secondary N) is 1. The normalized spacial score (nSPS) is 18.0. The summed E-state index contributed by atoms with van der Waals surface area (Å²) in [6.45, 7) is 3.07. The number of phenols is 1. The second-order valence-corrected chi connectivity index (χ2v) is 12.8. The van der Waals surface area contributed by atoms with Gasteiger partial charge in [0.15, 0.2) is 0 Å². The van der Waals surface area contributed by atoms with Gasteiger partial charge in [-0.2, -0.15) is 13.2 Å². The van der Waals surface area contributed by atoms with Crippen LogP contribution in [0, 0.1) is 5.92 Å². The number of nitrogens with zero attached hydrogens (tertiary/aromatic N) is 5. The van der Waals surface area contributed by atoms with Gasteiger partial charge in [-0.05, 0) is 60.7 Å². The minimum Gasteiger partial charge on any atom is -0.506 e. The number of carbonyl (C=O) groups is 3. The van der Waals surface area contributed by atoms with Crippen LogP contribution < -0.4 is 10.2 Å². The first kappa shape index (κ1) is 33.4. The Labute approximate surface area is 281 Å². The highest BCUT2D eigenvalue weighted by Crippen LogP contribution is 2.41. The van der Waals surface area contributed by atoms with Crippen molar-refractivity contribution in [3.05, 3.63) is 82.6 Å². The van der Waals surface area contributed by atoms with E-state index in [1.807, 2.05) is 36.4 Å². The van der Waals surface area contributed by atoms with Gasteiger partial charge in [-0.1, -0.05) is 29.8 Å². The lowest BCUT2D eigenvalue weighted by atomic mass is 9.92. The molecule has 2 N–H and O–H groups in total. The topological polar surface area (TPSA) is 109 Å². The first-order valence-corrected chi connectivity index (χ1v) is 16.3. The number of hydrogen-bond acceptors (Lipinski definition) is 6. The monoisotopic (exact) mass is 684 g/mol. The average molecular weight is 685 g/mol. The fourth-order valence-corrected chi connectivity index (χ4v) is 7.04. The van der Waals surface area contributed by atoms with Crippen LogP contribution in [0.5, 0.6) is 5.75 Å². The highest BCUT2D eigenvalue weighted by Gasteiger charge is 2.38. The first-order valence-electron chi connectivity index (χ1n) is 15.9. The fraction of sp³-hybridized carbons (Fsp3) is 0.412. The highest BCUT2D eigenvalue weighted by molar-refractivity contribution is 6.32. The molecule has 0 spiro atoms. The van der Waals surface area contributed by atoms with Gasteiger partial charge in [0.1, 0.15) is 5.75 Å². The Morgan fingerprint density at radius 3 is 2.35 bits per heavy atom. The van der Waals surface area contributed by atoms with E-state index in [4.69, 9.17) is 11.6 Å². The molecule has 0 radical (unpaired) electrons. The maximum absolute atomic E-state index is 14.0. The Hall–Kier alpha value is -4.52. The highest BCUT2D eigenvalue weighted by atomic mass is 35.5. The number of aromatic hydroxyl groups is 1. The van der Waals surface area contributed by atoms with Gasteiger partial charge in [-0.25, -0.2) is 4.79 Å². The molecular weight excluding hydrogens is 649 g/mol. The summed E-state index contributed by atoms with van der Waals surface area (Å²) in [5.74, 6) is -2.63. The molecule has 254 valence electrons. The maximum Gasteiger partial charge on any atom is 0.420 e. The number of urea groups is 1. The third-order valence-corrected chi connectivity index (χ3v) is 9.71. The molecule has 3 aromatic rings. The number of aromatic nitrogens is 1. The molecule has 14 heteroatoms. The number of carbonyl (C=O) groups excluding carboxylic acids is 3. The molecule has 2 saturated heterocycles. The number of para-hydroxylation sites is 1. The van der Waals surface area contributed by atoms with Crippen LogP contribution in [0.3, 0.4) is 0 Å². The van der Waals surface area contributed by atoms with E-state index in [9.17, 15) is 32.7 Å². The zero-order valence-corrected chi connectivity index (χ0v) is 26.9. The van der Waals surface area contributed by atoms with E-state index in [1.54, 1.807) is 27.1 Å². The van der Waals surface area contributed by atoms with Crippen molar-refractivity contribution in [3.63, 3.8) is 0 Å². The predicted molar refractivity (Wildman–Crippen MR) is 174 cm³/mol. The minimum atomic E-state index is -4.86. The Morgan fingerprint density at radius 2 is 1.67 bits per heavy atom. The Balaban J connectivity index is 1.14. The molecule has 0 bridgehead atoms. The predicted octanol–water partition coefficient (Wildman–Crippen LogP) is 5.40. The number of pyridine rings is 1. The van der Waals surface area contributed by atoms with Crippen LogP contribution in [0.15, 0.2) is 60.9 Å². The van der Waals surface area contributed by atoms with E-state index < -0.39 is 28.4 Å². The molecule has 48 heavy (non-hydrogen) atoms. The smallest absolute Gasteiger partial charge is 0.420 e. The SMILES string of the molecule is O=C(C[C@H](Cc1cc(Cl)c(O)c(C(F)(F)F)c1)C(=O)N1CCN(c2ccncc2)CC1)N1CCC(N2Cc3ccccc3NC2=O)CC1. The van der Waals surface area contributed by atoms with Crippen molar-refractivity contribution in [1.29, 1.82) is 0 Å². The summed E-state index contributed by atoms with van der Waals surface area (Å²) in [6, 6.07) is 13.1.